The van der Waals surface area contributed by atoms with Gasteiger partial charge >= 0.3 is 6.18 Å². The van der Waals surface area contributed by atoms with Gasteiger partial charge in [-0.1, -0.05) is 17.7 Å². The van der Waals surface area contributed by atoms with Gasteiger partial charge in [-0.25, -0.2) is 8.42 Å². The minimum absolute atomic E-state index is 0.0126. The van der Waals surface area contributed by atoms with E-state index in [-0.39, 0.29) is 39.7 Å². The first-order chi connectivity index (χ1) is 17.8. The molecule has 0 spiro atoms. The highest BCUT2D eigenvalue weighted by Crippen LogP contribution is 2.38. The molecule has 0 aliphatic carbocycles. The number of halogens is 4. The predicted molar refractivity (Wildman–Crippen MR) is 136 cm³/mol. The molecule has 1 N–H and O–H groups in total. The van der Waals surface area contributed by atoms with E-state index in [1.165, 1.54) is 24.3 Å². The maximum atomic E-state index is 13.4. The summed E-state index contributed by atoms with van der Waals surface area (Å²) in [4.78, 5) is 26.6. The van der Waals surface area contributed by atoms with Crippen molar-refractivity contribution in [3.63, 3.8) is 0 Å². The van der Waals surface area contributed by atoms with Crippen LogP contribution in [-0.4, -0.2) is 51.7 Å². The maximum Gasteiger partial charge on any atom is 0.416 e. The third-order valence-electron chi connectivity index (χ3n) is 6.09. The van der Waals surface area contributed by atoms with Crippen LogP contribution < -0.4 is 14.9 Å². The Morgan fingerprint density at radius 2 is 2.00 bits per heavy atom. The van der Waals surface area contributed by atoms with Crippen molar-refractivity contribution >= 4 is 38.5 Å². The minimum Gasteiger partial charge on any atom is -0.493 e. The van der Waals surface area contributed by atoms with Crippen LogP contribution in [0.5, 0.6) is 5.75 Å². The number of sulfonamides is 1. The molecule has 38 heavy (non-hydrogen) atoms. The van der Waals surface area contributed by atoms with Crippen LogP contribution in [0.4, 0.5) is 13.2 Å². The van der Waals surface area contributed by atoms with Crippen LogP contribution in [-0.2, 0) is 21.0 Å². The Morgan fingerprint density at radius 1 is 1.24 bits per heavy atom. The molecule has 1 saturated heterocycles. The second-order valence-electron chi connectivity index (χ2n) is 9.03. The number of para-hydroxylation sites is 1. The van der Waals surface area contributed by atoms with E-state index < -0.39 is 39.0 Å². The Bertz CT molecular complexity index is 1520. The van der Waals surface area contributed by atoms with Gasteiger partial charge in [0.05, 0.1) is 40.3 Å². The van der Waals surface area contributed by atoms with Gasteiger partial charge < -0.3 is 14.1 Å². The number of alkyl halides is 3. The number of fused-ring (bicyclic) bond motifs is 1. The van der Waals surface area contributed by atoms with Gasteiger partial charge in [-0.05, 0) is 49.7 Å². The first-order valence-corrected chi connectivity index (χ1v) is 13.9. The van der Waals surface area contributed by atoms with Gasteiger partial charge in [-0.3, -0.25) is 14.3 Å². The molecular formula is C25H24ClF3N2O6S. The number of nitrogens with one attached hydrogen (secondary N) is 1. The maximum absolute atomic E-state index is 13.4. The largest absolute Gasteiger partial charge is 0.493 e. The summed E-state index contributed by atoms with van der Waals surface area (Å²) in [5.74, 6) is -1.13. The fourth-order valence-electron chi connectivity index (χ4n) is 4.28. The second-order valence-corrected chi connectivity index (χ2v) is 11.2. The van der Waals surface area contributed by atoms with Gasteiger partial charge in [-0.15, -0.1) is 0 Å². The average Bonchev–Trinajstić information content (AvgIpc) is 3.30. The highest BCUT2D eigenvalue weighted by molar-refractivity contribution is 7.89. The fraction of sp³-hybridized carbons (Fsp3) is 0.360. The number of benzene rings is 2. The first-order valence-electron chi connectivity index (χ1n) is 11.6. The number of rotatable bonds is 8. The summed E-state index contributed by atoms with van der Waals surface area (Å²) in [7, 11) is -3.64. The Labute approximate surface area is 221 Å². The Hall–Kier alpha value is -3.09. The van der Waals surface area contributed by atoms with Crippen LogP contribution in [0.15, 0.2) is 51.7 Å². The molecule has 0 saturated carbocycles. The zero-order valence-corrected chi connectivity index (χ0v) is 21.8. The molecule has 1 amide bonds. The van der Waals surface area contributed by atoms with Crippen LogP contribution in [0.25, 0.3) is 22.3 Å². The molecule has 0 radical (unpaired) electrons. The van der Waals surface area contributed by atoms with Crippen molar-refractivity contribution in [2.75, 3.05) is 32.5 Å². The molecule has 13 heteroatoms. The van der Waals surface area contributed by atoms with Crippen molar-refractivity contribution in [3.8, 4) is 17.1 Å². The van der Waals surface area contributed by atoms with Gasteiger partial charge in [0.25, 0.3) is 0 Å². The number of hydrogen-bond acceptors (Lipinski definition) is 7. The lowest BCUT2D eigenvalue weighted by Gasteiger charge is -2.17. The molecule has 0 bridgehead atoms. The number of likely N-dealkylation sites (tertiary alicyclic amines) is 1. The average molecular weight is 573 g/mol. The molecular weight excluding hydrogens is 549 g/mol. The van der Waals surface area contributed by atoms with Crippen LogP contribution >= 0.6 is 11.6 Å². The zero-order valence-electron chi connectivity index (χ0n) is 20.2. The highest BCUT2D eigenvalue weighted by Gasteiger charge is 2.32. The van der Waals surface area contributed by atoms with Crippen molar-refractivity contribution < 1.29 is 35.5 Å². The number of nitrogens with zero attached hydrogens (tertiary/aromatic N) is 1. The zero-order chi connectivity index (χ0) is 27.7. The molecule has 1 atom stereocenters. The number of carbonyl (C=O) groups excluding carboxylic acids is 1. The van der Waals surface area contributed by atoms with Gasteiger partial charge in [0.15, 0.2) is 11.0 Å². The Morgan fingerprint density at radius 3 is 2.71 bits per heavy atom. The van der Waals surface area contributed by atoms with E-state index in [1.54, 1.807) is 6.07 Å². The van der Waals surface area contributed by atoms with Crippen molar-refractivity contribution in [1.82, 2.24) is 9.62 Å². The number of amides is 1. The molecule has 1 aliphatic heterocycles. The van der Waals surface area contributed by atoms with Gasteiger partial charge in [0.1, 0.15) is 11.5 Å². The summed E-state index contributed by atoms with van der Waals surface area (Å²) in [6, 6.07) is 8.76. The Balaban J connectivity index is 1.48. The summed E-state index contributed by atoms with van der Waals surface area (Å²) in [5.41, 5.74) is -1.04. The Kier molecular flexibility index (Phi) is 8.05. The van der Waals surface area contributed by atoms with Gasteiger partial charge in [0, 0.05) is 19.2 Å². The number of ether oxygens (including phenoxy) is 1. The lowest BCUT2D eigenvalue weighted by Crippen LogP contribution is -2.36. The SMILES string of the molecule is CS(=O)(=O)NC(=O)C1CCN(CCCOc2cc(C(F)(F)F)ccc2-c2cc(=O)c3cccc(Cl)c3o2)C1. The van der Waals surface area contributed by atoms with Crippen LogP contribution in [0, 0.1) is 5.92 Å². The van der Waals surface area contributed by atoms with E-state index in [4.69, 9.17) is 20.8 Å². The quantitative estimate of drug-likeness (QED) is 0.401. The monoisotopic (exact) mass is 572 g/mol. The van der Waals surface area contributed by atoms with Crippen LogP contribution in [0.2, 0.25) is 5.02 Å². The topological polar surface area (TPSA) is 106 Å². The normalized spacial score (nSPS) is 16.6. The molecule has 1 unspecified atom stereocenters. The second kappa shape index (κ2) is 11.0. The molecule has 4 rings (SSSR count). The van der Waals surface area contributed by atoms with Crippen molar-refractivity contribution in [2.24, 2.45) is 5.92 Å². The van der Waals surface area contributed by atoms with Crippen LogP contribution in [0.3, 0.4) is 0 Å². The minimum atomic E-state index is -4.61. The third kappa shape index (κ3) is 6.66. The molecule has 1 aliphatic rings. The van der Waals surface area contributed by atoms with E-state index in [9.17, 15) is 31.2 Å². The van der Waals surface area contributed by atoms with Crippen molar-refractivity contribution in [1.29, 1.82) is 0 Å². The molecule has 2 heterocycles. The predicted octanol–water partition coefficient (Wildman–Crippen LogP) is 4.30. The number of carbonyl (C=O) groups is 1. The van der Waals surface area contributed by atoms with Crippen LogP contribution in [0.1, 0.15) is 18.4 Å². The lowest BCUT2D eigenvalue weighted by atomic mass is 10.1. The molecule has 2 aromatic carbocycles. The standard InChI is InChI=1S/C25H24ClF3N2O6S/c1-38(34,35)30-24(33)15-8-10-31(14-15)9-3-11-36-21-12-16(25(27,28)29)6-7-18(21)22-13-20(32)17-4-2-5-19(26)23(17)37-22/h2,4-7,12-13,15H,3,8-11,14H2,1H3,(H,30,33). The highest BCUT2D eigenvalue weighted by atomic mass is 35.5. The van der Waals surface area contributed by atoms with E-state index in [2.05, 4.69) is 0 Å². The molecule has 1 aromatic heterocycles. The summed E-state index contributed by atoms with van der Waals surface area (Å²) < 4.78 is 76.3. The smallest absolute Gasteiger partial charge is 0.416 e. The summed E-state index contributed by atoms with van der Waals surface area (Å²) in [6.45, 7) is 1.46. The number of hydrogen-bond donors (Lipinski definition) is 1. The molecule has 1 fully saturated rings. The first kappa shape index (κ1) is 27.9. The summed E-state index contributed by atoms with van der Waals surface area (Å²) in [6.07, 6.45) is -2.79. The lowest BCUT2D eigenvalue weighted by molar-refractivity contribution is -0.137. The van der Waals surface area contributed by atoms with Crippen molar-refractivity contribution in [3.05, 3.63) is 63.3 Å². The van der Waals surface area contributed by atoms with Gasteiger partial charge in [0.2, 0.25) is 15.9 Å². The summed E-state index contributed by atoms with van der Waals surface area (Å²) in [5, 5.41) is 0.426. The summed E-state index contributed by atoms with van der Waals surface area (Å²) >= 11 is 6.17. The molecule has 204 valence electrons. The molecule has 8 nitrogen and oxygen atoms in total. The van der Waals surface area contributed by atoms with E-state index in [1.807, 2.05) is 9.62 Å². The third-order valence-corrected chi connectivity index (χ3v) is 6.96. The van der Waals surface area contributed by atoms with Crippen molar-refractivity contribution in [2.45, 2.75) is 19.0 Å². The van der Waals surface area contributed by atoms with E-state index in [0.29, 0.717) is 32.5 Å². The fourth-order valence-corrected chi connectivity index (χ4v) is 5.03. The van der Waals surface area contributed by atoms with Gasteiger partial charge in [-0.2, -0.15) is 13.2 Å². The van der Waals surface area contributed by atoms with E-state index >= 15 is 0 Å². The molecule has 3 aromatic rings. The van der Waals surface area contributed by atoms with E-state index in [0.717, 1.165) is 18.4 Å².